The van der Waals surface area contributed by atoms with Crippen molar-refractivity contribution in [2.75, 3.05) is 0 Å². The maximum Gasteiger partial charge on any atom is 0.239 e. The van der Waals surface area contributed by atoms with Crippen molar-refractivity contribution in [2.24, 2.45) is 5.92 Å². The number of amides is 1. The summed E-state index contributed by atoms with van der Waals surface area (Å²) >= 11 is 1.54. The van der Waals surface area contributed by atoms with Crippen LogP contribution in [0.2, 0.25) is 0 Å². The van der Waals surface area contributed by atoms with E-state index in [9.17, 15) is 13.2 Å². The van der Waals surface area contributed by atoms with Crippen LogP contribution in [0.5, 0.6) is 0 Å². The van der Waals surface area contributed by atoms with E-state index in [0.29, 0.717) is 17.5 Å². The van der Waals surface area contributed by atoms with Crippen LogP contribution in [-0.2, 0) is 27.0 Å². The highest BCUT2D eigenvalue weighted by molar-refractivity contribution is 7.89. The Hall–Kier alpha value is -2.17. The summed E-state index contributed by atoms with van der Waals surface area (Å²) in [4.78, 5) is 13.1. The third-order valence-electron chi connectivity index (χ3n) is 3.23. The monoisotopic (exact) mass is 348 g/mol. The van der Waals surface area contributed by atoms with E-state index >= 15 is 0 Å². The van der Waals surface area contributed by atoms with Gasteiger partial charge in [0.2, 0.25) is 15.9 Å². The van der Waals surface area contributed by atoms with Gasteiger partial charge < -0.3 is 0 Å². The van der Waals surface area contributed by atoms with Gasteiger partial charge in [0.1, 0.15) is 0 Å². The fraction of sp³-hybridized carbons (Fsp3) is 0.250. The van der Waals surface area contributed by atoms with Crippen molar-refractivity contribution in [1.82, 2.24) is 4.72 Å². The molecule has 2 aromatic rings. The zero-order valence-electron chi connectivity index (χ0n) is 12.5. The lowest BCUT2D eigenvalue weighted by atomic mass is 10.1. The first-order valence-electron chi connectivity index (χ1n) is 6.95. The molecular weight excluding hydrogens is 332 g/mol. The number of hydrogen-bond donors (Lipinski definition) is 1. The zero-order valence-corrected chi connectivity index (χ0v) is 14.2. The van der Waals surface area contributed by atoms with Crippen LogP contribution in [-0.4, -0.2) is 14.3 Å². The molecule has 0 fully saturated rings. The van der Waals surface area contributed by atoms with E-state index in [4.69, 9.17) is 5.26 Å². The maximum absolute atomic E-state index is 12.1. The van der Waals surface area contributed by atoms with Crippen molar-refractivity contribution < 1.29 is 13.2 Å². The van der Waals surface area contributed by atoms with Crippen LogP contribution < -0.4 is 4.72 Å². The van der Waals surface area contributed by atoms with Gasteiger partial charge in [-0.25, -0.2) is 8.42 Å². The Morgan fingerprint density at radius 1 is 1.30 bits per heavy atom. The zero-order chi connectivity index (χ0) is 16.9. The predicted molar refractivity (Wildman–Crippen MR) is 89.1 cm³/mol. The van der Waals surface area contributed by atoms with Crippen LogP contribution in [0.1, 0.15) is 22.9 Å². The van der Waals surface area contributed by atoms with Crippen molar-refractivity contribution in [1.29, 1.82) is 5.26 Å². The summed E-state index contributed by atoms with van der Waals surface area (Å²) in [6.45, 7) is 1.70. The highest BCUT2D eigenvalue weighted by Gasteiger charge is 2.20. The number of nitrogens with zero attached hydrogens (tertiary/aromatic N) is 1. The lowest BCUT2D eigenvalue weighted by Crippen LogP contribution is -2.36. The van der Waals surface area contributed by atoms with E-state index < -0.39 is 21.8 Å². The second kappa shape index (κ2) is 7.40. The van der Waals surface area contributed by atoms with E-state index in [1.807, 2.05) is 23.6 Å². The molecule has 0 spiro atoms. The van der Waals surface area contributed by atoms with E-state index in [-0.39, 0.29) is 5.75 Å². The normalized spacial score (nSPS) is 12.3. The molecule has 2 rings (SSSR count). The first-order chi connectivity index (χ1) is 10.9. The van der Waals surface area contributed by atoms with Crippen LogP contribution in [0.4, 0.5) is 0 Å². The molecule has 0 aliphatic heterocycles. The Labute approximate surface area is 139 Å². The molecule has 1 amide bonds. The van der Waals surface area contributed by atoms with Gasteiger partial charge in [-0.2, -0.15) is 5.26 Å². The van der Waals surface area contributed by atoms with Gasteiger partial charge in [-0.3, -0.25) is 9.52 Å². The number of hydrogen-bond acceptors (Lipinski definition) is 5. The third-order valence-corrected chi connectivity index (χ3v) is 5.36. The molecule has 23 heavy (non-hydrogen) atoms. The standard InChI is InChI=1S/C16H16N2O3S2/c1-12(9-15-3-2-8-22-15)16(19)18-23(20,21)11-14-6-4-13(10-17)5-7-14/h2-8,12H,9,11H2,1H3,(H,18,19)/t12-/m1/s1. The van der Waals surface area contributed by atoms with Crippen molar-refractivity contribution >= 4 is 27.3 Å². The summed E-state index contributed by atoms with van der Waals surface area (Å²) in [5.41, 5.74) is 0.981. The summed E-state index contributed by atoms with van der Waals surface area (Å²) in [5.74, 6) is -1.23. The molecule has 0 saturated heterocycles. The van der Waals surface area contributed by atoms with Crippen molar-refractivity contribution in [3.8, 4) is 6.07 Å². The van der Waals surface area contributed by atoms with Gasteiger partial charge in [-0.15, -0.1) is 11.3 Å². The average Bonchev–Trinajstić information content (AvgIpc) is 3.00. The number of nitriles is 1. The van der Waals surface area contributed by atoms with Crippen LogP contribution in [0.25, 0.3) is 0 Å². The number of benzene rings is 1. The minimum absolute atomic E-state index is 0.295. The molecule has 0 radical (unpaired) electrons. The summed E-state index contributed by atoms with van der Waals surface area (Å²) in [5, 5.41) is 10.6. The largest absolute Gasteiger partial charge is 0.274 e. The predicted octanol–water partition coefficient (Wildman–Crippen LogP) is 2.44. The second-order valence-electron chi connectivity index (χ2n) is 5.22. The van der Waals surface area contributed by atoms with Gasteiger partial charge in [-0.05, 0) is 35.6 Å². The van der Waals surface area contributed by atoms with Crippen molar-refractivity contribution in [3.05, 3.63) is 57.8 Å². The molecule has 1 heterocycles. The molecule has 7 heteroatoms. The molecule has 5 nitrogen and oxygen atoms in total. The maximum atomic E-state index is 12.1. The Morgan fingerprint density at radius 3 is 2.57 bits per heavy atom. The van der Waals surface area contributed by atoms with E-state index in [0.717, 1.165) is 4.88 Å². The molecule has 0 unspecified atom stereocenters. The number of nitrogens with one attached hydrogen (secondary N) is 1. The topological polar surface area (TPSA) is 87.0 Å². The number of carbonyl (C=O) groups is 1. The Bertz CT molecular complexity index is 804. The molecule has 0 bridgehead atoms. The third kappa shape index (κ3) is 5.20. The molecule has 1 aromatic heterocycles. The highest BCUT2D eigenvalue weighted by Crippen LogP contribution is 2.15. The highest BCUT2D eigenvalue weighted by atomic mass is 32.2. The van der Waals surface area contributed by atoms with Gasteiger partial charge in [0.15, 0.2) is 0 Å². The quantitative estimate of drug-likeness (QED) is 0.868. The number of rotatable bonds is 6. The SMILES string of the molecule is C[C@H](Cc1cccs1)C(=O)NS(=O)(=O)Cc1ccc(C#N)cc1. The van der Waals surface area contributed by atoms with Crippen LogP contribution in [0.3, 0.4) is 0 Å². The molecule has 1 aromatic carbocycles. The minimum atomic E-state index is -3.76. The average molecular weight is 348 g/mol. The van der Waals surface area contributed by atoms with Crippen LogP contribution in [0, 0.1) is 17.2 Å². The van der Waals surface area contributed by atoms with E-state index in [1.165, 1.54) is 11.3 Å². The summed E-state index contributed by atoms with van der Waals surface area (Å²) in [6, 6.07) is 12.0. The van der Waals surface area contributed by atoms with Gasteiger partial charge in [-0.1, -0.05) is 25.1 Å². The molecule has 1 N–H and O–H groups in total. The van der Waals surface area contributed by atoms with Crippen molar-refractivity contribution in [2.45, 2.75) is 19.1 Å². The molecule has 0 saturated carbocycles. The summed E-state index contributed by atoms with van der Waals surface area (Å²) < 4.78 is 26.3. The van der Waals surface area contributed by atoms with Crippen LogP contribution >= 0.6 is 11.3 Å². The fourth-order valence-electron chi connectivity index (χ4n) is 2.01. The number of thiophene rings is 1. The van der Waals surface area contributed by atoms with E-state index in [2.05, 4.69) is 4.72 Å². The molecule has 1 atom stereocenters. The van der Waals surface area contributed by atoms with Gasteiger partial charge in [0.05, 0.1) is 17.4 Å². The van der Waals surface area contributed by atoms with Gasteiger partial charge in [0, 0.05) is 10.8 Å². The summed E-state index contributed by atoms with van der Waals surface area (Å²) in [7, 11) is -3.76. The molecule has 0 aliphatic rings. The molecular formula is C16H16N2O3S2. The van der Waals surface area contributed by atoms with Crippen molar-refractivity contribution in [3.63, 3.8) is 0 Å². The first kappa shape index (κ1) is 17.2. The van der Waals surface area contributed by atoms with Gasteiger partial charge in [0.25, 0.3) is 0 Å². The Kier molecular flexibility index (Phi) is 5.53. The first-order valence-corrected chi connectivity index (χ1v) is 9.48. The second-order valence-corrected chi connectivity index (χ2v) is 7.97. The Morgan fingerprint density at radius 2 is 2.00 bits per heavy atom. The number of sulfonamides is 1. The number of carbonyl (C=O) groups excluding carboxylic acids is 1. The Balaban J connectivity index is 1.96. The van der Waals surface area contributed by atoms with E-state index in [1.54, 1.807) is 31.2 Å². The minimum Gasteiger partial charge on any atom is -0.274 e. The van der Waals surface area contributed by atoms with Crippen LogP contribution in [0.15, 0.2) is 41.8 Å². The lowest BCUT2D eigenvalue weighted by molar-refractivity contribution is -0.122. The molecule has 120 valence electrons. The smallest absolute Gasteiger partial charge is 0.239 e. The molecule has 0 aliphatic carbocycles. The fourth-order valence-corrected chi connectivity index (χ4v) is 4.05. The van der Waals surface area contributed by atoms with Gasteiger partial charge >= 0.3 is 0 Å². The lowest BCUT2D eigenvalue weighted by Gasteiger charge is -2.12. The summed E-state index contributed by atoms with van der Waals surface area (Å²) in [6.07, 6.45) is 0.510.